The van der Waals surface area contributed by atoms with Gasteiger partial charge in [0.2, 0.25) is 0 Å². The Hall–Kier alpha value is -1.92. The summed E-state index contributed by atoms with van der Waals surface area (Å²) in [6.07, 6.45) is 6.39. The first kappa shape index (κ1) is 22.9. The van der Waals surface area contributed by atoms with Gasteiger partial charge in [0, 0.05) is 6.42 Å². The second-order valence-corrected chi connectivity index (χ2v) is 10.5. The fraction of sp³-hybridized carbons (Fsp3) is 0.571. The summed E-state index contributed by atoms with van der Waals surface area (Å²) in [5, 5.41) is 29.7. The van der Waals surface area contributed by atoms with E-state index < -0.39 is 18.3 Å². The Morgan fingerprint density at radius 3 is 2.45 bits per heavy atom. The van der Waals surface area contributed by atoms with Gasteiger partial charge in [0.25, 0.3) is 0 Å². The van der Waals surface area contributed by atoms with Crippen LogP contribution in [0.2, 0.25) is 0 Å². The number of hydrogen-bond donors (Lipinski definition) is 3. The minimum atomic E-state index is -1.06. The van der Waals surface area contributed by atoms with Crippen molar-refractivity contribution in [3.8, 4) is 5.75 Å². The molecule has 1 heterocycles. The van der Waals surface area contributed by atoms with Crippen LogP contribution in [-0.4, -0.2) is 46.3 Å². The first-order valence-corrected chi connectivity index (χ1v) is 12.4. The monoisotopic (exact) mass is 452 g/mol. The highest BCUT2D eigenvalue weighted by Gasteiger charge is 2.46. The summed E-state index contributed by atoms with van der Waals surface area (Å²) in [6.45, 7) is 1.78. The lowest BCUT2D eigenvalue weighted by atomic mass is 9.65. The number of rotatable bonds is 6. The molecule has 0 aromatic heterocycles. The van der Waals surface area contributed by atoms with Crippen molar-refractivity contribution in [2.24, 2.45) is 5.41 Å². The van der Waals surface area contributed by atoms with E-state index in [0.29, 0.717) is 17.9 Å². The van der Waals surface area contributed by atoms with Gasteiger partial charge >= 0.3 is 0 Å². The fourth-order valence-corrected chi connectivity index (χ4v) is 6.02. The van der Waals surface area contributed by atoms with Crippen molar-refractivity contribution in [3.63, 3.8) is 0 Å². The van der Waals surface area contributed by atoms with Crippen LogP contribution in [0.15, 0.2) is 42.5 Å². The van der Waals surface area contributed by atoms with Crippen molar-refractivity contribution < 1.29 is 24.8 Å². The van der Waals surface area contributed by atoms with Crippen molar-refractivity contribution in [1.29, 1.82) is 0 Å². The highest BCUT2D eigenvalue weighted by molar-refractivity contribution is 5.38. The van der Waals surface area contributed by atoms with Gasteiger partial charge in [0.1, 0.15) is 18.0 Å². The summed E-state index contributed by atoms with van der Waals surface area (Å²) < 4.78 is 12.1. The predicted molar refractivity (Wildman–Crippen MR) is 126 cm³/mol. The third kappa shape index (κ3) is 4.83. The van der Waals surface area contributed by atoms with E-state index >= 15 is 0 Å². The zero-order valence-electron chi connectivity index (χ0n) is 19.5. The van der Waals surface area contributed by atoms with E-state index in [0.717, 1.165) is 17.7 Å². The zero-order chi connectivity index (χ0) is 23.0. The van der Waals surface area contributed by atoms with Crippen LogP contribution in [0.25, 0.3) is 0 Å². The van der Waals surface area contributed by atoms with E-state index in [4.69, 9.17) is 9.47 Å². The highest BCUT2D eigenvalue weighted by Crippen LogP contribution is 2.54. The maximum Gasteiger partial charge on any atom is 0.119 e. The van der Waals surface area contributed by atoms with Crippen molar-refractivity contribution in [2.45, 2.75) is 88.8 Å². The predicted octanol–water partition coefficient (Wildman–Crippen LogP) is 4.23. The standard InChI is InChI=1S/C28H36O5/c1-18-4-7-20(25-14-24(30)27(31)26(17-29)33-25)13-21(18)12-19-5-8-22(9-6-19)32-23-15-28(16-23)10-2-3-11-28/h4-9,13,23-27,29-31H,2-3,10-12,14-17H2,1H3/t24?,25-,26?,27-/m0/s1. The Morgan fingerprint density at radius 2 is 1.76 bits per heavy atom. The van der Waals surface area contributed by atoms with Crippen LogP contribution in [-0.2, 0) is 11.2 Å². The van der Waals surface area contributed by atoms with Crippen LogP contribution in [0.3, 0.4) is 0 Å². The van der Waals surface area contributed by atoms with Crippen LogP contribution in [0, 0.1) is 12.3 Å². The third-order valence-corrected chi connectivity index (χ3v) is 8.10. The largest absolute Gasteiger partial charge is 0.490 e. The van der Waals surface area contributed by atoms with Gasteiger partial charge in [-0.25, -0.2) is 0 Å². The molecule has 2 unspecified atom stereocenters. The Morgan fingerprint density at radius 1 is 1.03 bits per heavy atom. The minimum Gasteiger partial charge on any atom is -0.490 e. The number of hydrogen-bond acceptors (Lipinski definition) is 5. The molecule has 0 amide bonds. The van der Waals surface area contributed by atoms with Gasteiger partial charge in [-0.1, -0.05) is 43.2 Å². The summed E-state index contributed by atoms with van der Waals surface area (Å²) in [4.78, 5) is 0. The average molecular weight is 453 g/mol. The minimum absolute atomic E-state index is 0.314. The van der Waals surface area contributed by atoms with Crippen molar-refractivity contribution in [1.82, 2.24) is 0 Å². The Balaban J connectivity index is 1.22. The first-order chi connectivity index (χ1) is 15.9. The summed E-state index contributed by atoms with van der Waals surface area (Å²) in [5.41, 5.74) is 5.18. The molecule has 2 aromatic carbocycles. The van der Waals surface area contributed by atoms with Crippen molar-refractivity contribution in [2.75, 3.05) is 6.61 Å². The van der Waals surface area contributed by atoms with Gasteiger partial charge < -0.3 is 24.8 Å². The number of aliphatic hydroxyl groups is 3. The van der Waals surface area contributed by atoms with Gasteiger partial charge in [0.15, 0.2) is 0 Å². The van der Waals surface area contributed by atoms with E-state index in [1.807, 2.05) is 6.07 Å². The molecule has 3 fully saturated rings. The van der Waals surface area contributed by atoms with Crippen LogP contribution in [0.1, 0.15) is 73.3 Å². The molecule has 1 aliphatic heterocycles. The van der Waals surface area contributed by atoms with Gasteiger partial charge in [-0.05, 0) is 78.8 Å². The third-order valence-electron chi connectivity index (χ3n) is 8.10. The van der Waals surface area contributed by atoms with Gasteiger partial charge in [0.05, 0.1) is 24.9 Å². The van der Waals surface area contributed by atoms with E-state index in [1.54, 1.807) is 0 Å². The number of ether oxygens (including phenoxy) is 2. The van der Waals surface area contributed by atoms with Crippen molar-refractivity contribution >= 4 is 0 Å². The molecule has 2 aliphatic carbocycles. The van der Waals surface area contributed by atoms with E-state index in [1.165, 1.54) is 55.2 Å². The van der Waals surface area contributed by atoms with Gasteiger partial charge in [-0.15, -0.1) is 0 Å². The maximum absolute atomic E-state index is 10.2. The summed E-state index contributed by atoms with van der Waals surface area (Å²) in [6, 6.07) is 14.7. The zero-order valence-corrected chi connectivity index (χ0v) is 19.5. The Kier molecular flexibility index (Phi) is 6.49. The smallest absolute Gasteiger partial charge is 0.119 e. The molecule has 1 saturated heterocycles. The summed E-state index contributed by atoms with van der Waals surface area (Å²) in [5.74, 6) is 0.959. The lowest BCUT2D eigenvalue weighted by Crippen LogP contribution is -2.47. The molecule has 0 radical (unpaired) electrons. The normalized spacial score (nSPS) is 29.2. The van der Waals surface area contributed by atoms with Crippen LogP contribution in [0.4, 0.5) is 0 Å². The molecule has 5 rings (SSSR count). The maximum atomic E-state index is 10.2. The van der Waals surface area contributed by atoms with E-state index in [2.05, 4.69) is 43.3 Å². The van der Waals surface area contributed by atoms with E-state index in [-0.39, 0.29) is 12.7 Å². The molecule has 178 valence electrons. The highest BCUT2D eigenvalue weighted by atomic mass is 16.5. The second-order valence-electron chi connectivity index (χ2n) is 10.5. The molecule has 3 N–H and O–H groups in total. The van der Waals surface area contributed by atoms with Crippen molar-refractivity contribution in [3.05, 3.63) is 64.7 Å². The second kappa shape index (κ2) is 9.38. The molecule has 0 bridgehead atoms. The molecule has 5 heteroatoms. The summed E-state index contributed by atoms with van der Waals surface area (Å²) in [7, 11) is 0. The van der Waals surface area contributed by atoms with Crippen LogP contribution >= 0.6 is 0 Å². The molecule has 5 nitrogen and oxygen atoms in total. The molecular weight excluding hydrogens is 416 g/mol. The van der Waals surface area contributed by atoms with Gasteiger partial charge in [-0.3, -0.25) is 0 Å². The van der Waals surface area contributed by atoms with E-state index in [9.17, 15) is 15.3 Å². The topological polar surface area (TPSA) is 79.2 Å². The SMILES string of the molecule is Cc1ccc([C@@H]2CC(O)[C@H](O)C(CO)O2)cc1Cc1ccc(OC2CC3(CCCC3)C2)cc1. The van der Waals surface area contributed by atoms with Gasteiger partial charge in [-0.2, -0.15) is 0 Å². The lowest BCUT2D eigenvalue weighted by molar-refractivity contribution is -0.181. The molecule has 2 aromatic rings. The quantitative estimate of drug-likeness (QED) is 0.611. The van der Waals surface area contributed by atoms with Crippen LogP contribution in [0.5, 0.6) is 5.75 Å². The molecule has 2 saturated carbocycles. The lowest BCUT2D eigenvalue weighted by Gasteiger charge is -2.45. The first-order valence-electron chi connectivity index (χ1n) is 12.4. The fourth-order valence-electron chi connectivity index (χ4n) is 6.02. The number of aliphatic hydroxyl groups excluding tert-OH is 3. The number of benzene rings is 2. The summed E-state index contributed by atoms with van der Waals surface area (Å²) >= 11 is 0. The average Bonchev–Trinajstić information content (AvgIpc) is 3.28. The molecule has 4 atom stereocenters. The molecular formula is C28H36O5. The molecule has 3 aliphatic rings. The van der Waals surface area contributed by atoms with Crippen LogP contribution < -0.4 is 4.74 Å². The number of aryl methyl sites for hydroxylation is 1. The molecule has 1 spiro atoms. The molecule has 33 heavy (non-hydrogen) atoms. The Bertz CT molecular complexity index is 941. The Labute approximate surface area is 196 Å².